The normalized spacial score (nSPS) is 9.09. The molecule has 0 N–H and O–H groups in total. The van der Waals surface area contributed by atoms with E-state index in [2.05, 4.69) is 39.8 Å². The Balaban J connectivity index is 0.000001000. The first-order valence-electron chi connectivity index (χ1n) is 3.66. The summed E-state index contributed by atoms with van der Waals surface area (Å²) >= 11 is 0. The standard InChI is InChI=1S/C10H14.Ru/c1-7-5-6-8(2)10(4)9(7)3;/h5-6H,1-4H3;. The molecule has 0 nitrogen and oxygen atoms in total. The largest absolute Gasteiger partial charge is 0.0588 e. The van der Waals surface area contributed by atoms with Gasteiger partial charge in [0.1, 0.15) is 0 Å². The summed E-state index contributed by atoms with van der Waals surface area (Å²) in [7, 11) is 0. The van der Waals surface area contributed by atoms with E-state index in [1.165, 1.54) is 22.3 Å². The van der Waals surface area contributed by atoms with Crippen molar-refractivity contribution in [1.82, 2.24) is 0 Å². The van der Waals surface area contributed by atoms with Crippen LogP contribution in [0, 0.1) is 27.7 Å². The molecule has 0 aliphatic carbocycles. The fourth-order valence-corrected chi connectivity index (χ4v) is 1.09. The average molecular weight is 235 g/mol. The van der Waals surface area contributed by atoms with E-state index in [1.54, 1.807) is 0 Å². The second-order valence-corrected chi connectivity index (χ2v) is 2.95. The third-order valence-corrected chi connectivity index (χ3v) is 2.33. The molecule has 0 unspecified atom stereocenters. The molecule has 0 atom stereocenters. The number of aryl methyl sites for hydroxylation is 2. The van der Waals surface area contributed by atoms with E-state index >= 15 is 0 Å². The van der Waals surface area contributed by atoms with E-state index in [1.807, 2.05) is 0 Å². The minimum atomic E-state index is 0. The minimum absolute atomic E-state index is 0. The van der Waals surface area contributed by atoms with Gasteiger partial charge in [0.05, 0.1) is 0 Å². The zero-order chi connectivity index (χ0) is 7.72. The van der Waals surface area contributed by atoms with E-state index in [0.29, 0.717) is 0 Å². The second kappa shape index (κ2) is 4.02. The van der Waals surface area contributed by atoms with Gasteiger partial charge < -0.3 is 0 Å². The fourth-order valence-electron chi connectivity index (χ4n) is 1.09. The van der Waals surface area contributed by atoms with Crippen molar-refractivity contribution in [1.29, 1.82) is 0 Å². The first kappa shape index (κ1) is 10.8. The molecule has 1 aromatic carbocycles. The maximum Gasteiger partial charge on any atom is 0 e. The predicted octanol–water partition coefficient (Wildman–Crippen LogP) is 2.92. The van der Waals surface area contributed by atoms with E-state index in [4.69, 9.17) is 0 Å². The van der Waals surface area contributed by atoms with Gasteiger partial charge >= 0.3 is 0 Å². The van der Waals surface area contributed by atoms with Crippen LogP contribution in [0.5, 0.6) is 0 Å². The molecule has 0 aromatic heterocycles. The van der Waals surface area contributed by atoms with Crippen molar-refractivity contribution in [3.63, 3.8) is 0 Å². The van der Waals surface area contributed by atoms with Crippen LogP contribution in [0.15, 0.2) is 12.1 Å². The molecule has 0 amide bonds. The molecule has 0 saturated carbocycles. The molecule has 0 fully saturated rings. The number of hydrogen-bond acceptors (Lipinski definition) is 0. The fraction of sp³-hybridized carbons (Fsp3) is 0.400. The number of rotatable bonds is 0. The third-order valence-electron chi connectivity index (χ3n) is 2.33. The zero-order valence-corrected chi connectivity index (χ0v) is 9.25. The summed E-state index contributed by atoms with van der Waals surface area (Å²) < 4.78 is 0. The Morgan fingerprint density at radius 2 is 1.00 bits per heavy atom. The van der Waals surface area contributed by atoms with Gasteiger partial charge in [0.25, 0.3) is 0 Å². The van der Waals surface area contributed by atoms with Gasteiger partial charge in [-0.3, -0.25) is 0 Å². The second-order valence-electron chi connectivity index (χ2n) is 2.95. The van der Waals surface area contributed by atoms with Gasteiger partial charge in [-0.2, -0.15) is 0 Å². The molecule has 0 saturated heterocycles. The summed E-state index contributed by atoms with van der Waals surface area (Å²) in [5.74, 6) is 0. The molecule has 0 aliphatic rings. The SMILES string of the molecule is Cc1ccc(C)c(C)c1C.[Ru]. The van der Waals surface area contributed by atoms with Crippen LogP contribution in [0.4, 0.5) is 0 Å². The monoisotopic (exact) mass is 236 g/mol. The summed E-state index contributed by atoms with van der Waals surface area (Å²) in [4.78, 5) is 0. The van der Waals surface area contributed by atoms with Crippen molar-refractivity contribution in [3.05, 3.63) is 34.4 Å². The van der Waals surface area contributed by atoms with Crippen LogP contribution >= 0.6 is 0 Å². The third kappa shape index (κ3) is 2.13. The molecule has 11 heavy (non-hydrogen) atoms. The predicted molar refractivity (Wildman–Crippen MR) is 45.4 cm³/mol. The number of benzene rings is 1. The molecule has 1 aromatic rings. The van der Waals surface area contributed by atoms with Crippen molar-refractivity contribution >= 4 is 0 Å². The van der Waals surface area contributed by atoms with Crippen LogP contribution in [0.25, 0.3) is 0 Å². The summed E-state index contributed by atoms with van der Waals surface area (Å²) in [5.41, 5.74) is 5.64. The van der Waals surface area contributed by atoms with Crippen LogP contribution in [0.3, 0.4) is 0 Å². The van der Waals surface area contributed by atoms with Crippen molar-refractivity contribution in [3.8, 4) is 0 Å². The van der Waals surface area contributed by atoms with Gasteiger partial charge in [-0.05, 0) is 49.9 Å². The molecular formula is C10H14Ru. The van der Waals surface area contributed by atoms with Gasteiger partial charge in [0, 0.05) is 19.5 Å². The van der Waals surface area contributed by atoms with Crippen molar-refractivity contribution < 1.29 is 19.5 Å². The molecule has 1 heteroatoms. The van der Waals surface area contributed by atoms with Gasteiger partial charge in [0.15, 0.2) is 0 Å². The summed E-state index contributed by atoms with van der Waals surface area (Å²) in [6.45, 7) is 8.67. The minimum Gasteiger partial charge on any atom is -0.0588 e. The first-order valence-corrected chi connectivity index (χ1v) is 3.66. The van der Waals surface area contributed by atoms with Crippen LogP contribution < -0.4 is 0 Å². The Morgan fingerprint density at radius 3 is 1.27 bits per heavy atom. The van der Waals surface area contributed by atoms with Crippen molar-refractivity contribution in [2.24, 2.45) is 0 Å². The van der Waals surface area contributed by atoms with Crippen LogP contribution in [0.2, 0.25) is 0 Å². The molecule has 0 radical (unpaired) electrons. The molecule has 0 heterocycles. The van der Waals surface area contributed by atoms with Gasteiger partial charge in [-0.15, -0.1) is 0 Å². The molecule has 1 rings (SSSR count). The van der Waals surface area contributed by atoms with Gasteiger partial charge in [0.2, 0.25) is 0 Å². The Kier molecular flexibility index (Phi) is 3.96. The summed E-state index contributed by atoms with van der Waals surface area (Å²) in [6, 6.07) is 4.36. The smallest absolute Gasteiger partial charge is 0 e. The van der Waals surface area contributed by atoms with E-state index in [0.717, 1.165) is 0 Å². The van der Waals surface area contributed by atoms with E-state index < -0.39 is 0 Å². The zero-order valence-electron chi connectivity index (χ0n) is 7.51. The first-order chi connectivity index (χ1) is 4.63. The van der Waals surface area contributed by atoms with E-state index in [9.17, 15) is 0 Å². The molecule has 0 aliphatic heterocycles. The quantitative estimate of drug-likeness (QED) is 0.606. The Bertz CT molecular complexity index is 224. The van der Waals surface area contributed by atoms with Crippen LogP contribution in [0.1, 0.15) is 22.3 Å². The van der Waals surface area contributed by atoms with Gasteiger partial charge in [-0.25, -0.2) is 0 Å². The maximum atomic E-state index is 2.18. The van der Waals surface area contributed by atoms with E-state index in [-0.39, 0.29) is 19.5 Å². The Morgan fingerprint density at radius 1 is 0.727 bits per heavy atom. The molecule has 0 spiro atoms. The topological polar surface area (TPSA) is 0 Å². The summed E-state index contributed by atoms with van der Waals surface area (Å²) in [5, 5.41) is 0. The van der Waals surface area contributed by atoms with Gasteiger partial charge in [-0.1, -0.05) is 12.1 Å². The van der Waals surface area contributed by atoms with Crippen molar-refractivity contribution in [2.45, 2.75) is 27.7 Å². The Hall–Kier alpha value is -0.157. The molecule has 0 bridgehead atoms. The average Bonchev–Trinajstić information content (AvgIpc) is 1.93. The molecular weight excluding hydrogens is 221 g/mol. The molecule has 62 valence electrons. The summed E-state index contributed by atoms with van der Waals surface area (Å²) in [6.07, 6.45) is 0. The van der Waals surface area contributed by atoms with Crippen LogP contribution in [-0.4, -0.2) is 0 Å². The Labute approximate surface area is 81.8 Å². The maximum absolute atomic E-state index is 2.18. The van der Waals surface area contributed by atoms with Crippen molar-refractivity contribution in [2.75, 3.05) is 0 Å². The number of hydrogen-bond donors (Lipinski definition) is 0. The van der Waals surface area contributed by atoms with Crippen LogP contribution in [-0.2, 0) is 19.5 Å².